The number of benzene rings is 1. The largest absolute Gasteiger partial charge is 0.494 e. The van der Waals surface area contributed by atoms with Crippen molar-refractivity contribution in [3.63, 3.8) is 0 Å². The second-order valence-corrected chi connectivity index (χ2v) is 6.07. The zero-order valence-electron chi connectivity index (χ0n) is 11.6. The van der Waals surface area contributed by atoms with Crippen LogP contribution in [0.5, 0.6) is 5.75 Å². The van der Waals surface area contributed by atoms with Gasteiger partial charge in [0.2, 0.25) is 10.0 Å². The van der Waals surface area contributed by atoms with Gasteiger partial charge in [-0.05, 0) is 24.6 Å². The van der Waals surface area contributed by atoms with Crippen LogP contribution in [0.4, 0.5) is 4.39 Å². The Morgan fingerprint density at radius 1 is 1.48 bits per heavy atom. The maximum Gasteiger partial charge on any atom is 0.241 e. The summed E-state index contributed by atoms with van der Waals surface area (Å²) >= 11 is 0. The summed E-state index contributed by atoms with van der Waals surface area (Å²) < 4.78 is 45.5. The highest BCUT2D eigenvalue weighted by atomic mass is 32.2. The molecule has 0 aliphatic heterocycles. The standard InChI is InChI=1S/C13H16FN3O3S/c1-3-11(13-15-6-7-16-13)17-21(18,19)9-4-5-12(20-2)10(14)8-9/h4-8,11,17H,3H2,1-2H3,(H,15,16). The topological polar surface area (TPSA) is 84.1 Å². The summed E-state index contributed by atoms with van der Waals surface area (Å²) in [5, 5.41) is 0. The molecular weight excluding hydrogens is 297 g/mol. The second-order valence-electron chi connectivity index (χ2n) is 4.35. The van der Waals surface area contributed by atoms with Crippen molar-refractivity contribution in [3.05, 3.63) is 42.2 Å². The van der Waals surface area contributed by atoms with Crippen LogP contribution in [0.3, 0.4) is 0 Å². The van der Waals surface area contributed by atoms with Crippen LogP contribution in [0, 0.1) is 5.82 Å². The molecule has 0 saturated carbocycles. The van der Waals surface area contributed by atoms with Crippen molar-refractivity contribution in [2.24, 2.45) is 0 Å². The summed E-state index contributed by atoms with van der Waals surface area (Å²) in [7, 11) is -2.54. The second kappa shape index (κ2) is 6.23. The van der Waals surface area contributed by atoms with Gasteiger partial charge in [0.1, 0.15) is 5.82 Å². The van der Waals surface area contributed by atoms with Gasteiger partial charge in [0.15, 0.2) is 11.6 Å². The van der Waals surface area contributed by atoms with E-state index in [1.54, 1.807) is 12.4 Å². The molecule has 0 radical (unpaired) electrons. The molecule has 1 unspecified atom stereocenters. The van der Waals surface area contributed by atoms with Crippen molar-refractivity contribution in [1.29, 1.82) is 0 Å². The SMILES string of the molecule is CCC(NS(=O)(=O)c1ccc(OC)c(F)c1)c1ncc[nH]1. The van der Waals surface area contributed by atoms with Gasteiger partial charge in [-0.25, -0.2) is 22.5 Å². The van der Waals surface area contributed by atoms with E-state index in [9.17, 15) is 12.8 Å². The summed E-state index contributed by atoms with van der Waals surface area (Å²) in [5.41, 5.74) is 0. The van der Waals surface area contributed by atoms with Crippen molar-refractivity contribution in [1.82, 2.24) is 14.7 Å². The van der Waals surface area contributed by atoms with Crippen LogP contribution in [0.1, 0.15) is 25.2 Å². The van der Waals surface area contributed by atoms with Crippen LogP contribution in [-0.4, -0.2) is 25.5 Å². The highest BCUT2D eigenvalue weighted by Gasteiger charge is 2.22. The number of hydrogen-bond donors (Lipinski definition) is 2. The number of H-pyrrole nitrogens is 1. The third kappa shape index (κ3) is 3.40. The van der Waals surface area contributed by atoms with Crippen LogP contribution in [0.25, 0.3) is 0 Å². The molecule has 2 aromatic rings. The summed E-state index contributed by atoms with van der Waals surface area (Å²) in [5.74, 6) is -0.228. The van der Waals surface area contributed by atoms with E-state index in [4.69, 9.17) is 4.74 Å². The van der Waals surface area contributed by atoms with Gasteiger partial charge in [-0.3, -0.25) is 0 Å². The van der Waals surface area contributed by atoms with E-state index in [1.807, 2.05) is 6.92 Å². The maximum absolute atomic E-state index is 13.6. The first kappa shape index (κ1) is 15.5. The monoisotopic (exact) mass is 313 g/mol. The van der Waals surface area contributed by atoms with E-state index in [-0.39, 0.29) is 10.6 Å². The smallest absolute Gasteiger partial charge is 0.241 e. The van der Waals surface area contributed by atoms with Crippen LogP contribution >= 0.6 is 0 Å². The fourth-order valence-corrected chi connectivity index (χ4v) is 3.16. The maximum atomic E-state index is 13.6. The molecule has 0 spiro atoms. The first-order valence-corrected chi connectivity index (χ1v) is 7.81. The lowest BCUT2D eigenvalue weighted by molar-refractivity contribution is 0.385. The molecule has 0 fully saturated rings. The summed E-state index contributed by atoms with van der Waals surface area (Å²) in [6.07, 6.45) is 3.66. The molecule has 2 N–H and O–H groups in total. The fraction of sp³-hybridized carbons (Fsp3) is 0.308. The molecule has 1 aromatic carbocycles. The van der Waals surface area contributed by atoms with Gasteiger partial charge in [0.05, 0.1) is 18.0 Å². The molecule has 0 amide bonds. The summed E-state index contributed by atoms with van der Waals surface area (Å²) in [4.78, 5) is 6.73. The van der Waals surface area contributed by atoms with E-state index >= 15 is 0 Å². The number of ether oxygens (including phenoxy) is 1. The molecule has 0 bridgehead atoms. The van der Waals surface area contributed by atoms with Gasteiger partial charge in [-0.15, -0.1) is 0 Å². The van der Waals surface area contributed by atoms with E-state index < -0.39 is 21.9 Å². The predicted molar refractivity (Wildman–Crippen MR) is 74.9 cm³/mol. The molecule has 8 heteroatoms. The average molecular weight is 313 g/mol. The van der Waals surface area contributed by atoms with E-state index in [0.717, 1.165) is 6.07 Å². The molecule has 1 atom stereocenters. The number of aromatic amines is 1. The van der Waals surface area contributed by atoms with E-state index in [1.165, 1.54) is 19.2 Å². The number of aromatic nitrogens is 2. The highest BCUT2D eigenvalue weighted by Crippen LogP contribution is 2.22. The Balaban J connectivity index is 2.27. The normalized spacial score (nSPS) is 13.1. The zero-order valence-corrected chi connectivity index (χ0v) is 12.4. The summed E-state index contributed by atoms with van der Waals surface area (Å²) in [6, 6.07) is 2.99. The molecule has 0 aliphatic carbocycles. The van der Waals surface area contributed by atoms with Crippen molar-refractivity contribution >= 4 is 10.0 Å². The van der Waals surface area contributed by atoms with Gasteiger partial charge >= 0.3 is 0 Å². The number of sulfonamides is 1. The molecule has 0 aliphatic rings. The number of hydrogen-bond acceptors (Lipinski definition) is 4. The summed E-state index contributed by atoms with van der Waals surface area (Å²) in [6.45, 7) is 1.82. The third-order valence-electron chi connectivity index (χ3n) is 2.99. The Bertz CT molecular complexity index is 701. The molecular formula is C13H16FN3O3S. The molecule has 21 heavy (non-hydrogen) atoms. The van der Waals surface area contributed by atoms with Crippen molar-refractivity contribution in [2.45, 2.75) is 24.3 Å². The number of nitrogens with zero attached hydrogens (tertiary/aromatic N) is 1. The van der Waals surface area contributed by atoms with Gasteiger partial charge < -0.3 is 9.72 Å². The quantitative estimate of drug-likeness (QED) is 0.854. The molecule has 1 heterocycles. The lowest BCUT2D eigenvalue weighted by Crippen LogP contribution is -2.29. The number of imidazole rings is 1. The Morgan fingerprint density at radius 3 is 2.76 bits per heavy atom. The Kier molecular flexibility index (Phi) is 4.59. The Morgan fingerprint density at radius 2 is 2.24 bits per heavy atom. The van der Waals surface area contributed by atoms with Crippen molar-refractivity contribution in [2.75, 3.05) is 7.11 Å². The third-order valence-corrected chi connectivity index (χ3v) is 4.46. The first-order valence-electron chi connectivity index (χ1n) is 6.33. The average Bonchev–Trinajstić information content (AvgIpc) is 2.98. The predicted octanol–water partition coefficient (Wildman–Crippen LogP) is 1.99. The van der Waals surface area contributed by atoms with Crippen LogP contribution < -0.4 is 9.46 Å². The van der Waals surface area contributed by atoms with Crippen LogP contribution in [0.2, 0.25) is 0 Å². The molecule has 2 rings (SSSR count). The highest BCUT2D eigenvalue weighted by molar-refractivity contribution is 7.89. The lowest BCUT2D eigenvalue weighted by atomic mass is 10.2. The molecule has 114 valence electrons. The minimum absolute atomic E-state index is 0.00738. The first-order chi connectivity index (χ1) is 9.97. The van der Waals surface area contributed by atoms with Gasteiger partial charge in [-0.1, -0.05) is 6.92 Å². The van der Waals surface area contributed by atoms with Crippen molar-refractivity contribution < 1.29 is 17.5 Å². The molecule has 0 saturated heterocycles. The van der Waals surface area contributed by atoms with Crippen LogP contribution in [-0.2, 0) is 10.0 Å². The van der Waals surface area contributed by atoms with Gasteiger partial charge in [0, 0.05) is 12.4 Å². The zero-order chi connectivity index (χ0) is 15.5. The lowest BCUT2D eigenvalue weighted by Gasteiger charge is -2.15. The van der Waals surface area contributed by atoms with Gasteiger partial charge in [-0.2, -0.15) is 0 Å². The molecule has 1 aromatic heterocycles. The number of halogens is 1. The Labute approximate surface area is 122 Å². The minimum atomic E-state index is -3.85. The number of nitrogens with one attached hydrogen (secondary N) is 2. The van der Waals surface area contributed by atoms with Crippen LogP contribution in [0.15, 0.2) is 35.5 Å². The Hall–Kier alpha value is -1.93. The number of methoxy groups -OCH3 is 1. The minimum Gasteiger partial charge on any atom is -0.494 e. The number of rotatable bonds is 6. The molecule has 6 nitrogen and oxygen atoms in total. The fourth-order valence-electron chi connectivity index (χ4n) is 1.87. The van der Waals surface area contributed by atoms with Gasteiger partial charge in [0.25, 0.3) is 0 Å². The van der Waals surface area contributed by atoms with Crippen molar-refractivity contribution in [3.8, 4) is 5.75 Å². The van der Waals surface area contributed by atoms with E-state index in [2.05, 4.69) is 14.7 Å². The van der Waals surface area contributed by atoms with E-state index in [0.29, 0.717) is 12.2 Å².